The van der Waals surface area contributed by atoms with Crippen LogP contribution in [0.15, 0.2) is 18.2 Å². The zero-order valence-corrected chi connectivity index (χ0v) is 11.8. The van der Waals surface area contributed by atoms with Crippen molar-refractivity contribution in [3.05, 3.63) is 35.0 Å². The molecule has 92 valence electrons. The van der Waals surface area contributed by atoms with E-state index in [-0.39, 0.29) is 5.41 Å². The lowest BCUT2D eigenvalue weighted by Crippen LogP contribution is -2.11. The molecule has 1 aromatic carbocycles. The minimum Gasteiger partial charge on any atom is -0.358 e. The van der Waals surface area contributed by atoms with Gasteiger partial charge in [-0.2, -0.15) is 0 Å². The normalized spacial score (nSPS) is 12.6. The molecule has 2 rings (SSSR count). The average molecular weight is 229 g/mol. The van der Waals surface area contributed by atoms with Crippen LogP contribution in [-0.4, -0.2) is 4.98 Å². The first-order chi connectivity index (χ1) is 7.82. The summed E-state index contributed by atoms with van der Waals surface area (Å²) in [5.74, 6) is 0.551. The topological polar surface area (TPSA) is 15.8 Å². The first kappa shape index (κ1) is 12.2. The van der Waals surface area contributed by atoms with E-state index in [1.165, 1.54) is 27.7 Å². The summed E-state index contributed by atoms with van der Waals surface area (Å²) in [6.07, 6.45) is 0. The Labute approximate surface area is 104 Å². The molecule has 0 saturated carbocycles. The summed E-state index contributed by atoms with van der Waals surface area (Å²) in [4.78, 5) is 3.64. The Morgan fingerprint density at radius 3 is 2.29 bits per heavy atom. The molecule has 0 saturated heterocycles. The summed E-state index contributed by atoms with van der Waals surface area (Å²) in [5.41, 5.74) is 5.69. The third kappa shape index (κ3) is 1.99. The number of aromatic amines is 1. The third-order valence-corrected chi connectivity index (χ3v) is 3.52. The maximum Gasteiger partial charge on any atom is 0.0496 e. The molecule has 0 amide bonds. The number of rotatable bonds is 1. The van der Waals surface area contributed by atoms with Crippen LogP contribution in [0.4, 0.5) is 0 Å². The summed E-state index contributed by atoms with van der Waals surface area (Å²) in [5, 5.41) is 1.38. The Morgan fingerprint density at radius 1 is 1.12 bits per heavy atom. The van der Waals surface area contributed by atoms with Gasteiger partial charge in [-0.25, -0.2) is 0 Å². The first-order valence-corrected chi connectivity index (χ1v) is 6.44. The Hall–Kier alpha value is -1.24. The van der Waals surface area contributed by atoms with Gasteiger partial charge in [0.25, 0.3) is 0 Å². The first-order valence-electron chi connectivity index (χ1n) is 6.44. The summed E-state index contributed by atoms with van der Waals surface area (Å²) in [6, 6.07) is 6.64. The van der Waals surface area contributed by atoms with Crippen LogP contribution in [0.3, 0.4) is 0 Å². The van der Waals surface area contributed by atoms with Gasteiger partial charge in [0.2, 0.25) is 0 Å². The molecule has 1 aromatic heterocycles. The van der Waals surface area contributed by atoms with Gasteiger partial charge in [-0.05, 0) is 29.4 Å². The second-order valence-corrected chi connectivity index (χ2v) is 6.30. The number of hydrogen-bond acceptors (Lipinski definition) is 0. The number of benzene rings is 1. The Morgan fingerprint density at radius 2 is 1.76 bits per heavy atom. The van der Waals surface area contributed by atoms with Crippen LogP contribution in [0.2, 0.25) is 0 Å². The van der Waals surface area contributed by atoms with E-state index in [0.717, 1.165) is 0 Å². The largest absolute Gasteiger partial charge is 0.358 e. The number of para-hydroxylation sites is 1. The SMILES string of the molecule is Cc1c(C(C)C)[nH]c2c(C(C)(C)C)cccc12. The van der Waals surface area contributed by atoms with Gasteiger partial charge in [0, 0.05) is 16.6 Å². The minimum atomic E-state index is 0.186. The van der Waals surface area contributed by atoms with Crippen LogP contribution in [0.25, 0.3) is 10.9 Å². The Balaban J connectivity index is 2.78. The van der Waals surface area contributed by atoms with E-state index in [1.807, 2.05) is 0 Å². The molecule has 0 aliphatic heterocycles. The van der Waals surface area contributed by atoms with Crippen molar-refractivity contribution in [1.29, 1.82) is 0 Å². The molecule has 1 nitrogen and oxygen atoms in total. The van der Waals surface area contributed by atoms with Crippen molar-refractivity contribution in [2.24, 2.45) is 0 Å². The molecular formula is C16H23N. The summed E-state index contributed by atoms with van der Waals surface area (Å²) >= 11 is 0. The van der Waals surface area contributed by atoms with Crippen LogP contribution >= 0.6 is 0 Å². The van der Waals surface area contributed by atoms with Crippen molar-refractivity contribution in [3.63, 3.8) is 0 Å². The van der Waals surface area contributed by atoms with E-state index >= 15 is 0 Å². The number of nitrogens with one attached hydrogen (secondary N) is 1. The molecule has 0 atom stereocenters. The molecule has 0 spiro atoms. The van der Waals surface area contributed by atoms with E-state index in [1.54, 1.807) is 0 Å². The highest BCUT2D eigenvalue weighted by atomic mass is 14.7. The minimum absolute atomic E-state index is 0.186. The standard InChI is InChI=1S/C16H23N/c1-10(2)14-11(3)12-8-7-9-13(15(12)17-14)16(4,5)6/h7-10,17H,1-6H3. The van der Waals surface area contributed by atoms with E-state index in [4.69, 9.17) is 0 Å². The third-order valence-electron chi connectivity index (χ3n) is 3.52. The molecule has 1 heteroatoms. The van der Waals surface area contributed by atoms with Gasteiger partial charge in [0.1, 0.15) is 0 Å². The van der Waals surface area contributed by atoms with Crippen LogP contribution in [0.1, 0.15) is 57.4 Å². The highest BCUT2D eigenvalue weighted by Gasteiger charge is 2.20. The molecule has 0 aliphatic carbocycles. The van der Waals surface area contributed by atoms with Crippen molar-refractivity contribution in [1.82, 2.24) is 4.98 Å². The van der Waals surface area contributed by atoms with E-state index in [0.29, 0.717) is 5.92 Å². The highest BCUT2D eigenvalue weighted by Crippen LogP contribution is 2.33. The molecule has 0 aliphatic rings. The van der Waals surface area contributed by atoms with Gasteiger partial charge < -0.3 is 4.98 Å². The molecule has 1 heterocycles. The molecule has 0 bridgehead atoms. The van der Waals surface area contributed by atoms with Gasteiger partial charge in [-0.1, -0.05) is 52.8 Å². The quantitative estimate of drug-likeness (QED) is 0.716. The van der Waals surface area contributed by atoms with E-state index in [9.17, 15) is 0 Å². The van der Waals surface area contributed by atoms with Gasteiger partial charge in [-0.3, -0.25) is 0 Å². The van der Waals surface area contributed by atoms with E-state index in [2.05, 4.69) is 64.7 Å². The van der Waals surface area contributed by atoms with Gasteiger partial charge >= 0.3 is 0 Å². The molecule has 1 N–H and O–H groups in total. The van der Waals surface area contributed by atoms with Crippen molar-refractivity contribution in [2.75, 3.05) is 0 Å². The molecule has 0 unspecified atom stereocenters. The summed E-state index contributed by atoms with van der Waals surface area (Å²) in [7, 11) is 0. The van der Waals surface area contributed by atoms with Crippen molar-refractivity contribution in [3.8, 4) is 0 Å². The smallest absolute Gasteiger partial charge is 0.0496 e. The summed E-state index contributed by atoms with van der Waals surface area (Å²) in [6.45, 7) is 13.5. The van der Waals surface area contributed by atoms with Crippen LogP contribution in [0.5, 0.6) is 0 Å². The number of H-pyrrole nitrogens is 1. The lowest BCUT2D eigenvalue weighted by atomic mass is 9.85. The fourth-order valence-electron chi connectivity index (χ4n) is 2.58. The van der Waals surface area contributed by atoms with E-state index < -0.39 is 0 Å². The monoisotopic (exact) mass is 229 g/mol. The second-order valence-electron chi connectivity index (χ2n) is 6.30. The lowest BCUT2D eigenvalue weighted by molar-refractivity contribution is 0.594. The fourth-order valence-corrected chi connectivity index (χ4v) is 2.58. The van der Waals surface area contributed by atoms with Crippen LogP contribution < -0.4 is 0 Å². The molecule has 2 aromatic rings. The van der Waals surface area contributed by atoms with Gasteiger partial charge in [-0.15, -0.1) is 0 Å². The van der Waals surface area contributed by atoms with Gasteiger partial charge in [0.15, 0.2) is 0 Å². The van der Waals surface area contributed by atoms with Crippen LogP contribution in [0, 0.1) is 6.92 Å². The number of fused-ring (bicyclic) bond motifs is 1. The summed E-state index contributed by atoms with van der Waals surface area (Å²) < 4.78 is 0. The van der Waals surface area contributed by atoms with Crippen LogP contribution in [-0.2, 0) is 5.41 Å². The van der Waals surface area contributed by atoms with Crippen molar-refractivity contribution >= 4 is 10.9 Å². The highest BCUT2D eigenvalue weighted by molar-refractivity contribution is 5.88. The Bertz CT molecular complexity index is 538. The van der Waals surface area contributed by atoms with Crippen molar-refractivity contribution in [2.45, 2.75) is 52.9 Å². The zero-order chi connectivity index (χ0) is 12.8. The molecule has 0 fully saturated rings. The maximum absolute atomic E-state index is 3.64. The number of aromatic nitrogens is 1. The fraction of sp³-hybridized carbons (Fsp3) is 0.500. The lowest BCUT2D eigenvalue weighted by Gasteiger charge is -2.19. The second kappa shape index (κ2) is 3.90. The Kier molecular flexibility index (Phi) is 2.81. The predicted molar refractivity (Wildman–Crippen MR) is 75.8 cm³/mol. The molecule has 0 radical (unpaired) electrons. The average Bonchev–Trinajstić information content (AvgIpc) is 2.55. The predicted octanol–water partition coefficient (Wildman–Crippen LogP) is 4.90. The number of hydrogen-bond donors (Lipinski definition) is 1. The maximum atomic E-state index is 3.64. The number of aryl methyl sites for hydroxylation is 1. The van der Waals surface area contributed by atoms with Crippen molar-refractivity contribution < 1.29 is 0 Å². The zero-order valence-electron chi connectivity index (χ0n) is 11.8. The van der Waals surface area contributed by atoms with Gasteiger partial charge in [0.05, 0.1) is 0 Å². The molecule has 17 heavy (non-hydrogen) atoms. The molecular weight excluding hydrogens is 206 g/mol.